The number of ether oxygens (including phenoxy) is 2. The first kappa shape index (κ1) is 37.8. The molecule has 4 bridgehead atoms. The van der Waals surface area contributed by atoms with Gasteiger partial charge < -0.3 is 30.0 Å². The third kappa shape index (κ3) is 6.61. The molecule has 15 nitrogen and oxygen atoms in total. The minimum absolute atomic E-state index is 0.0499. The minimum Gasteiger partial charge on any atom is -0.482 e. The largest absolute Gasteiger partial charge is 0.482 e. The minimum atomic E-state index is -0.909. The molecule has 17 heteroatoms. The predicted octanol–water partition coefficient (Wildman–Crippen LogP) is 7.13. The molecule has 0 amide bonds. The number of halogens is 2. The zero-order valence-electron chi connectivity index (χ0n) is 33.7. The van der Waals surface area contributed by atoms with Crippen molar-refractivity contribution >= 4 is 11.6 Å². The van der Waals surface area contributed by atoms with Crippen molar-refractivity contribution < 1.29 is 32.0 Å². The molecular formula is C44H40F2N11O4+. The number of fused-ring (bicyclic) bond motifs is 14. The van der Waals surface area contributed by atoms with Crippen molar-refractivity contribution in [1.82, 2.24) is 39.7 Å². The van der Waals surface area contributed by atoms with Crippen LogP contribution in [0.15, 0.2) is 82.5 Å². The van der Waals surface area contributed by atoms with Gasteiger partial charge in [-0.1, -0.05) is 24.2 Å². The quantitative estimate of drug-likeness (QED) is 0.171. The Morgan fingerprint density at radius 1 is 0.836 bits per heavy atom. The van der Waals surface area contributed by atoms with Gasteiger partial charge in [0.25, 0.3) is 12.2 Å². The van der Waals surface area contributed by atoms with Crippen LogP contribution in [0.25, 0.3) is 44.9 Å². The van der Waals surface area contributed by atoms with Gasteiger partial charge in [0.15, 0.2) is 48.1 Å². The average Bonchev–Trinajstić information content (AvgIpc) is 4.04. The lowest BCUT2D eigenvalue weighted by Gasteiger charge is -2.22. The molecule has 0 radical (unpaired) electrons. The Morgan fingerprint density at radius 2 is 1.54 bits per heavy atom. The van der Waals surface area contributed by atoms with Crippen LogP contribution in [-0.4, -0.2) is 39.7 Å². The number of hydrogen-bond donors (Lipinski definition) is 2. The first-order valence-corrected chi connectivity index (χ1v) is 19.9. The van der Waals surface area contributed by atoms with Crippen molar-refractivity contribution in [3.63, 3.8) is 0 Å². The Kier molecular flexibility index (Phi) is 9.10. The van der Waals surface area contributed by atoms with Gasteiger partial charge in [0, 0.05) is 77.4 Å². The molecule has 0 unspecified atom stereocenters. The van der Waals surface area contributed by atoms with Gasteiger partial charge in [-0.25, -0.2) is 23.3 Å². The summed E-state index contributed by atoms with van der Waals surface area (Å²) in [5, 5.41) is 18.9. The molecule has 2 aromatic carbocycles. The Morgan fingerprint density at radius 3 is 2.28 bits per heavy atom. The van der Waals surface area contributed by atoms with Gasteiger partial charge in [-0.15, -0.1) is 4.68 Å². The van der Waals surface area contributed by atoms with Crippen LogP contribution in [0.4, 0.5) is 20.4 Å². The van der Waals surface area contributed by atoms with Gasteiger partial charge in [0.2, 0.25) is 0 Å². The maximum absolute atomic E-state index is 15.6. The van der Waals surface area contributed by atoms with Crippen molar-refractivity contribution in [3.05, 3.63) is 125 Å². The van der Waals surface area contributed by atoms with Crippen LogP contribution in [0.2, 0.25) is 0 Å². The number of nitrogens with two attached hydrogens (primary N) is 2. The summed E-state index contributed by atoms with van der Waals surface area (Å²) >= 11 is 0. The second-order valence-corrected chi connectivity index (χ2v) is 15.2. The Hall–Kier alpha value is -7.43. The summed E-state index contributed by atoms with van der Waals surface area (Å²) in [5.41, 5.74) is 21.0. The SMILES string of the molecule is CCc1noc2c1-c1cnc(N)c(c1)O[C@H](C)c1cc(F)ccc1-c1n[n+](C[C@H]3Oc4cc(cnc4N)-c4c(noc4CC)Cc4cn(C)nc4-c4ccc(F)cc43)cn1C2. The third-order valence-electron chi connectivity index (χ3n) is 11.2. The van der Waals surface area contributed by atoms with E-state index in [9.17, 15) is 0 Å². The van der Waals surface area contributed by atoms with E-state index in [1.165, 1.54) is 24.3 Å². The number of benzene rings is 2. The zero-order valence-corrected chi connectivity index (χ0v) is 33.7. The molecule has 308 valence electrons. The summed E-state index contributed by atoms with van der Waals surface area (Å²) < 4.78 is 61.2. The summed E-state index contributed by atoms with van der Waals surface area (Å²) in [6.07, 6.45) is 7.01. The highest BCUT2D eigenvalue weighted by Crippen LogP contribution is 2.41. The van der Waals surface area contributed by atoms with Crippen LogP contribution in [0.5, 0.6) is 11.5 Å². The van der Waals surface area contributed by atoms with Crippen molar-refractivity contribution in [3.8, 4) is 56.4 Å². The Labute approximate surface area is 347 Å². The molecule has 2 aliphatic heterocycles. The number of nitrogens with zero attached hydrogens (tertiary/aromatic N) is 9. The molecule has 0 fully saturated rings. The van der Waals surface area contributed by atoms with E-state index in [0.29, 0.717) is 87.1 Å². The summed E-state index contributed by atoms with van der Waals surface area (Å²) in [6.45, 7) is 6.02. The number of aromatic nitrogens is 9. The lowest BCUT2D eigenvalue weighted by Crippen LogP contribution is -2.40. The van der Waals surface area contributed by atoms with E-state index < -0.39 is 23.8 Å². The van der Waals surface area contributed by atoms with Gasteiger partial charge in [-0.3, -0.25) is 4.68 Å². The van der Waals surface area contributed by atoms with Gasteiger partial charge in [0.05, 0.1) is 28.2 Å². The summed E-state index contributed by atoms with van der Waals surface area (Å²) in [7, 11) is 1.84. The average molecular weight is 825 g/mol. The number of nitrogen functional groups attached to an aromatic ring is 2. The molecule has 0 saturated heterocycles. The van der Waals surface area contributed by atoms with E-state index in [-0.39, 0.29) is 30.5 Å². The number of aryl methyl sites for hydroxylation is 3. The maximum Gasteiger partial charge on any atom is 0.268 e. The summed E-state index contributed by atoms with van der Waals surface area (Å²) in [5.74, 6) is 1.68. The maximum atomic E-state index is 15.6. The standard InChI is InChI=1S/C44H40F2N11O4/c1-5-32-39-23-12-35(42(47)49-16-23)58-22(3)30-14-26(45)8-10-29(30)44-52-57(21-56(44)19-38(39)61-53-32)20-37-31-15-27(46)7-9-28(31)41-25(18-55(4)51-41)11-33-40(34(6-2)60-54-33)24-13-36(59-37)43(48)50-17-24/h7-10,12-18,21-22,37H,5-6,11,19-20H2,1-4H3,(H2,47,49)(H2,48,50)/q+1/t22-,37-/m1/s1. The van der Waals surface area contributed by atoms with Crippen LogP contribution in [0.1, 0.15) is 72.6 Å². The van der Waals surface area contributed by atoms with Crippen LogP contribution in [0, 0.1) is 11.6 Å². The molecule has 8 heterocycles. The fourth-order valence-electron chi connectivity index (χ4n) is 8.39. The van der Waals surface area contributed by atoms with Crippen molar-refractivity contribution in [2.45, 2.75) is 65.3 Å². The second kappa shape index (κ2) is 14.7. The van der Waals surface area contributed by atoms with Crippen LogP contribution in [-0.2, 0) is 39.4 Å². The highest BCUT2D eigenvalue weighted by molar-refractivity contribution is 5.74. The Balaban J connectivity index is 1.16. The van der Waals surface area contributed by atoms with Gasteiger partial charge >= 0.3 is 0 Å². The molecule has 2 atom stereocenters. The second-order valence-electron chi connectivity index (χ2n) is 15.2. The van der Waals surface area contributed by atoms with Gasteiger partial charge in [-0.05, 0) is 67.0 Å². The molecule has 0 spiro atoms. The molecule has 6 aromatic heterocycles. The summed E-state index contributed by atoms with van der Waals surface area (Å²) in [4.78, 5) is 8.97. The van der Waals surface area contributed by atoms with E-state index >= 15 is 8.78 Å². The molecular weight excluding hydrogens is 785 g/mol. The predicted molar refractivity (Wildman–Crippen MR) is 218 cm³/mol. The van der Waals surface area contributed by atoms with E-state index in [1.807, 2.05) is 51.0 Å². The molecule has 8 aromatic rings. The first-order chi connectivity index (χ1) is 29.5. The van der Waals surface area contributed by atoms with Gasteiger partial charge in [-0.2, -0.15) is 5.10 Å². The monoisotopic (exact) mass is 824 g/mol. The smallest absolute Gasteiger partial charge is 0.268 e. The number of rotatable bonds is 4. The molecule has 4 N–H and O–H groups in total. The number of hydrogen-bond acceptors (Lipinski definition) is 12. The lowest BCUT2D eigenvalue weighted by molar-refractivity contribution is -0.757. The Bertz CT molecular complexity index is 3010. The van der Waals surface area contributed by atoms with Crippen molar-refractivity contribution in [2.75, 3.05) is 11.5 Å². The fourth-order valence-corrected chi connectivity index (χ4v) is 8.39. The first-order valence-electron chi connectivity index (χ1n) is 19.9. The fraction of sp³-hybridized carbons (Fsp3) is 0.250. The van der Waals surface area contributed by atoms with E-state index in [0.717, 1.165) is 22.4 Å². The van der Waals surface area contributed by atoms with E-state index in [1.54, 1.807) is 40.0 Å². The topological polar surface area (TPSA) is 188 Å². The van der Waals surface area contributed by atoms with E-state index in [2.05, 4.69) is 20.3 Å². The molecule has 10 rings (SSSR count). The highest BCUT2D eigenvalue weighted by atomic mass is 19.1. The molecule has 2 aliphatic rings. The number of pyridine rings is 2. The van der Waals surface area contributed by atoms with Gasteiger partial charge in [0.1, 0.15) is 23.5 Å². The molecule has 61 heavy (non-hydrogen) atoms. The van der Waals surface area contributed by atoms with Crippen molar-refractivity contribution in [2.24, 2.45) is 7.05 Å². The number of anilines is 2. The highest BCUT2D eigenvalue weighted by Gasteiger charge is 2.33. The third-order valence-corrected chi connectivity index (χ3v) is 11.2. The summed E-state index contributed by atoms with van der Waals surface area (Å²) in [6, 6.07) is 12.6. The van der Waals surface area contributed by atoms with Crippen LogP contribution >= 0.6 is 0 Å². The van der Waals surface area contributed by atoms with Crippen LogP contribution in [0.3, 0.4) is 0 Å². The van der Waals surface area contributed by atoms with Crippen LogP contribution < -0.4 is 25.6 Å². The van der Waals surface area contributed by atoms with E-state index in [4.69, 9.17) is 40.2 Å². The molecule has 0 saturated carbocycles. The lowest BCUT2D eigenvalue weighted by atomic mass is 9.94. The van der Waals surface area contributed by atoms with Crippen molar-refractivity contribution in [1.29, 1.82) is 0 Å². The molecule has 0 aliphatic carbocycles. The normalized spacial score (nSPS) is 15.5. The zero-order chi connectivity index (χ0) is 42.1.